The fourth-order valence-electron chi connectivity index (χ4n) is 0.126. The summed E-state index contributed by atoms with van der Waals surface area (Å²) in [7, 11) is 0. The van der Waals surface area contributed by atoms with Crippen LogP contribution in [0.4, 0.5) is 4.79 Å². The minimum atomic E-state index is -0.545. The third-order valence-corrected chi connectivity index (χ3v) is 1.67. The molecule has 0 radical (unpaired) electrons. The summed E-state index contributed by atoms with van der Waals surface area (Å²) < 4.78 is 0. The molecule has 1 amide bonds. The van der Waals surface area contributed by atoms with Crippen molar-refractivity contribution in [2.75, 3.05) is 11.5 Å². The average Bonchev–Trinajstić information content (AvgIpc) is 1.69. The summed E-state index contributed by atoms with van der Waals surface area (Å²) in [6, 6.07) is 0.119. The Balaban J connectivity index is 3.52. The smallest absolute Gasteiger partial charge is 0.306 e. The molecule has 5 heteroatoms. The second-order valence-corrected chi connectivity index (χ2v) is 2.10. The lowest BCUT2D eigenvalue weighted by molar-refractivity contribution is 0.237. The standard InChI is InChI=1S/C3H4BrCl2NO/c4-1-7(2-5)3(6)8/h1-2H2. The predicted molar refractivity (Wildman–Crippen MR) is 37.6 cm³/mol. The largest absolute Gasteiger partial charge is 0.318 e. The van der Waals surface area contributed by atoms with Crippen LogP contribution in [0.1, 0.15) is 0 Å². The lowest BCUT2D eigenvalue weighted by Crippen LogP contribution is -2.22. The Labute approximate surface area is 65.9 Å². The van der Waals surface area contributed by atoms with E-state index < -0.39 is 5.37 Å². The Bertz CT molecular complexity index is 85.4. The van der Waals surface area contributed by atoms with Crippen molar-refractivity contribution in [1.29, 1.82) is 0 Å². The van der Waals surface area contributed by atoms with Crippen molar-refractivity contribution in [2.24, 2.45) is 0 Å². The molecule has 0 N–H and O–H groups in total. The van der Waals surface area contributed by atoms with Gasteiger partial charge in [0.2, 0.25) is 0 Å². The molecule has 0 aliphatic heterocycles. The van der Waals surface area contributed by atoms with E-state index in [1.807, 2.05) is 0 Å². The minimum absolute atomic E-state index is 0.119. The zero-order valence-electron chi connectivity index (χ0n) is 3.90. The SMILES string of the molecule is O=C(Cl)N(CCl)CBr. The molecule has 0 atom stereocenters. The third-order valence-electron chi connectivity index (χ3n) is 0.537. The van der Waals surface area contributed by atoms with Crippen LogP contribution in [0.3, 0.4) is 0 Å². The number of alkyl halides is 2. The third kappa shape index (κ3) is 2.74. The van der Waals surface area contributed by atoms with Crippen LogP contribution in [-0.2, 0) is 0 Å². The van der Waals surface area contributed by atoms with Crippen molar-refractivity contribution >= 4 is 44.5 Å². The Kier molecular flexibility index (Phi) is 4.71. The molecule has 0 aromatic heterocycles. The molecule has 48 valence electrons. The molecule has 0 saturated carbocycles. The van der Waals surface area contributed by atoms with Crippen molar-refractivity contribution in [3.8, 4) is 0 Å². The van der Waals surface area contributed by atoms with Gasteiger partial charge in [-0.15, -0.1) is 11.6 Å². The highest BCUT2D eigenvalue weighted by Gasteiger charge is 2.04. The van der Waals surface area contributed by atoms with E-state index in [4.69, 9.17) is 23.2 Å². The van der Waals surface area contributed by atoms with E-state index in [-0.39, 0.29) is 6.00 Å². The van der Waals surface area contributed by atoms with Gasteiger partial charge in [-0.1, -0.05) is 15.9 Å². The molecule has 0 unspecified atom stereocenters. The minimum Gasteiger partial charge on any atom is -0.306 e. The van der Waals surface area contributed by atoms with Gasteiger partial charge in [0, 0.05) is 0 Å². The number of carbonyl (C=O) groups is 1. The molecule has 0 fully saturated rings. The summed E-state index contributed by atoms with van der Waals surface area (Å²) in [4.78, 5) is 11.4. The molecule has 0 aromatic carbocycles. The quantitative estimate of drug-likeness (QED) is 0.397. The van der Waals surface area contributed by atoms with Gasteiger partial charge >= 0.3 is 5.37 Å². The van der Waals surface area contributed by atoms with E-state index in [0.717, 1.165) is 0 Å². The summed E-state index contributed by atoms with van der Waals surface area (Å²) >= 11 is 13.3. The van der Waals surface area contributed by atoms with E-state index in [1.54, 1.807) is 0 Å². The first-order valence-corrected chi connectivity index (χ1v) is 3.82. The number of halogens is 3. The summed E-state index contributed by atoms with van der Waals surface area (Å²) in [5.41, 5.74) is 0.374. The number of rotatable bonds is 2. The number of nitrogens with zero attached hydrogens (tertiary/aromatic N) is 1. The van der Waals surface area contributed by atoms with Crippen LogP contribution in [0.5, 0.6) is 0 Å². The Morgan fingerprint density at radius 3 is 2.25 bits per heavy atom. The van der Waals surface area contributed by atoms with Gasteiger partial charge in [0.1, 0.15) is 0 Å². The lowest BCUT2D eigenvalue weighted by Gasteiger charge is -2.09. The maximum Gasteiger partial charge on any atom is 0.318 e. The molecule has 0 bridgehead atoms. The first kappa shape index (κ1) is 8.53. The van der Waals surface area contributed by atoms with Gasteiger partial charge in [0.05, 0.1) is 11.5 Å². The van der Waals surface area contributed by atoms with Crippen LogP contribution in [-0.4, -0.2) is 21.7 Å². The maximum absolute atomic E-state index is 10.2. The fourth-order valence-corrected chi connectivity index (χ4v) is 1.25. The summed E-state index contributed by atoms with van der Waals surface area (Å²) in [6.07, 6.45) is 0. The molecule has 0 aromatic rings. The first-order valence-electron chi connectivity index (χ1n) is 1.78. The van der Waals surface area contributed by atoms with Crippen LogP contribution in [0.25, 0.3) is 0 Å². The molecule has 0 aliphatic rings. The molecule has 2 nitrogen and oxygen atoms in total. The van der Waals surface area contributed by atoms with Gasteiger partial charge in [-0.2, -0.15) is 0 Å². The normalized spacial score (nSPS) is 8.88. The molecule has 0 rings (SSSR count). The summed E-state index contributed by atoms with van der Waals surface area (Å²) in [5.74, 6) is 0. The van der Waals surface area contributed by atoms with E-state index in [0.29, 0.717) is 5.45 Å². The van der Waals surface area contributed by atoms with E-state index in [9.17, 15) is 4.79 Å². The van der Waals surface area contributed by atoms with Crippen LogP contribution >= 0.6 is 39.1 Å². The van der Waals surface area contributed by atoms with Crippen LogP contribution < -0.4 is 0 Å². The predicted octanol–water partition coefficient (Wildman–Crippen LogP) is 2.20. The number of amides is 1. The summed E-state index contributed by atoms with van der Waals surface area (Å²) in [6.45, 7) is 0. The highest BCUT2D eigenvalue weighted by molar-refractivity contribution is 9.09. The summed E-state index contributed by atoms with van der Waals surface area (Å²) in [5, 5.41) is -0.545. The molecule has 0 spiro atoms. The van der Waals surface area contributed by atoms with Crippen LogP contribution in [0.2, 0.25) is 0 Å². The fraction of sp³-hybridized carbons (Fsp3) is 0.667. The zero-order chi connectivity index (χ0) is 6.57. The zero-order valence-corrected chi connectivity index (χ0v) is 7.00. The van der Waals surface area contributed by atoms with Crippen molar-refractivity contribution in [3.63, 3.8) is 0 Å². The maximum atomic E-state index is 10.2. The van der Waals surface area contributed by atoms with Gasteiger partial charge < -0.3 is 4.90 Å². The van der Waals surface area contributed by atoms with Crippen molar-refractivity contribution < 1.29 is 4.79 Å². The van der Waals surface area contributed by atoms with Crippen molar-refractivity contribution in [3.05, 3.63) is 0 Å². The molecular weight excluding hydrogens is 217 g/mol. The second kappa shape index (κ2) is 4.41. The van der Waals surface area contributed by atoms with Gasteiger partial charge in [0.15, 0.2) is 0 Å². The van der Waals surface area contributed by atoms with Gasteiger partial charge in [-0.3, -0.25) is 4.79 Å². The molecular formula is C3H4BrCl2NO. The molecule has 8 heavy (non-hydrogen) atoms. The monoisotopic (exact) mass is 219 g/mol. The number of hydrogen-bond donors (Lipinski definition) is 0. The highest BCUT2D eigenvalue weighted by atomic mass is 79.9. The van der Waals surface area contributed by atoms with Crippen LogP contribution in [0, 0.1) is 0 Å². The van der Waals surface area contributed by atoms with Gasteiger partial charge in [0.25, 0.3) is 0 Å². The Hall–Kier alpha value is 0.530. The first-order chi connectivity index (χ1) is 3.72. The van der Waals surface area contributed by atoms with Gasteiger partial charge in [-0.25, -0.2) is 0 Å². The van der Waals surface area contributed by atoms with E-state index in [1.165, 1.54) is 4.90 Å². The van der Waals surface area contributed by atoms with Crippen LogP contribution in [0.15, 0.2) is 0 Å². The Morgan fingerprint density at radius 2 is 2.25 bits per heavy atom. The average molecular weight is 221 g/mol. The van der Waals surface area contributed by atoms with Crippen molar-refractivity contribution in [2.45, 2.75) is 0 Å². The Morgan fingerprint density at radius 1 is 1.75 bits per heavy atom. The number of carbonyl (C=O) groups excluding carboxylic acids is 1. The van der Waals surface area contributed by atoms with E-state index >= 15 is 0 Å². The second-order valence-electron chi connectivity index (χ2n) is 1.03. The molecule has 0 saturated heterocycles. The topological polar surface area (TPSA) is 20.3 Å². The van der Waals surface area contributed by atoms with E-state index in [2.05, 4.69) is 15.9 Å². The lowest BCUT2D eigenvalue weighted by atomic mass is 11.0. The molecule has 0 heterocycles. The number of hydrogen-bond acceptors (Lipinski definition) is 1. The molecule has 0 aliphatic carbocycles. The van der Waals surface area contributed by atoms with Gasteiger partial charge in [-0.05, 0) is 11.6 Å². The van der Waals surface area contributed by atoms with Crippen molar-refractivity contribution in [1.82, 2.24) is 4.90 Å². The highest BCUT2D eigenvalue weighted by Crippen LogP contribution is 2.00.